The third-order valence-electron chi connectivity index (χ3n) is 5.23. The van der Waals surface area contributed by atoms with E-state index in [-0.39, 0.29) is 12.1 Å². The summed E-state index contributed by atoms with van der Waals surface area (Å²) < 4.78 is 36.5. The molecule has 0 radical (unpaired) electrons. The van der Waals surface area contributed by atoms with Crippen LogP contribution in [0.2, 0.25) is 5.02 Å². The number of carbonyl (C=O) groups excluding carboxylic acids is 3. The molecule has 1 aromatic carbocycles. The molecular weight excluding hydrogens is 611 g/mol. The Labute approximate surface area is 243 Å². The van der Waals surface area contributed by atoms with E-state index in [4.69, 9.17) is 32.0 Å². The van der Waals surface area contributed by atoms with Crippen molar-refractivity contribution in [2.24, 2.45) is 5.73 Å². The van der Waals surface area contributed by atoms with Crippen LogP contribution in [0.15, 0.2) is 46.5 Å². The van der Waals surface area contributed by atoms with Gasteiger partial charge >= 0.3 is 29.9 Å². The molecule has 4 rings (SSSR count). The molecule has 1 aliphatic rings. The summed E-state index contributed by atoms with van der Waals surface area (Å²) >= 11 is 8.69. The van der Waals surface area contributed by atoms with Gasteiger partial charge in [0.1, 0.15) is 10.0 Å². The number of fused-ring (bicyclic) bond motifs is 1. The first-order valence-electron chi connectivity index (χ1n) is 11.4. The Morgan fingerprint density at radius 3 is 2.54 bits per heavy atom. The number of ether oxygens (including phenoxy) is 1. The molecule has 4 N–H and O–H groups in total. The van der Waals surface area contributed by atoms with E-state index in [2.05, 4.69) is 15.3 Å². The van der Waals surface area contributed by atoms with Gasteiger partial charge in [0.15, 0.2) is 0 Å². The summed E-state index contributed by atoms with van der Waals surface area (Å²) in [6.45, 7) is 0.992. The van der Waals surface area contributed by atoms with Crippen molar-refractivity contribution in [1.29, 1.82) is 0 Å². The number of nitrogens with zero attached hydrogens (tertiary/aromatic N) is 3. The van der Waals surface area contributed by atoms with Crippen molar-refractivity contribution >= 4 is 64.1 Å². The fourth-order valence-corrected chi connectivity index (χ4v) is 5.21. The van der Waals surface area contributed by atoms with Crippen molar-refractivity contribution in [1.82, 2.24) is 14.9 Å². The number of aromatic nitrogens is 2. The fraction of sp³-hybridized carbons (Fsp3) is 0.250. The Morgan fingerprint density at radius 2 is 1.95 bits per heavy atom. The lowest BCUT2D eigenvalue weighted by atomic mass is 10.1. The molecule has 0 unspecified atom stereocenters. The number of carboxylic acid groups (broad SMARTS) is 1. The average Bonchev–Trinajstić information content (AvgIpc) is 3.36. The summed E-state index contributed by atoms with van der Waals surface area (Å²) in [6.07, 6.45) is -2.96. The van der Waals surface area contributed by atoms with Crippen LogP contribution < -0.4 is 11.1 Å². The third-order valence-corrected chi connectivity index (χ3v) is 7.66. The largest absolute Gasteiger partial charge is 0.490 e. The van der Waals surface area contributed by atoms with Crippen molar-refractivity contribution in [3.05, 3.63) is 62.7 Å². The number of rotatable bonds is 5. The zero-order valence-corrected chi connectivity index (χ0v) is 23.4. The molecule has 2 aromatic heterocycles. The van der Waals surface area contributed by atoms with Crippen LogP contribution in [-0.4, -0.2) is 63.6 Å². The highest BCUT2D eigenvalue weighted by molar-refractivity contribution is 7.99. The highest BCUT2D eigenvalue weighted by Crippen LogP contribution is 2.34. The van der Waals surface area contributed by atoms with Crippen LogP contribution in [0.1, 0.15) is 25.9 Å². The number of carboxylic acids is 1. The number of alkyl halides is 3. The zero-order chi connectivity index (χ0) is 30.3. The zero-order valence-electron chi connectivity index (χ0n) is 21.0. The van der Waals surface area contributed by atoms with Gasteiger partial charge in [-0.1, -0.05) is 23.4 Å². The SMILES string of the molecule is COC(=O)c1ccc(Sc2ccc(Cl)cn2)c(NC(=O)C(=O)N2CCc3sc(CN)nc3C2)c1.O=C(O)C(F)(F)F. The minimum absolute atomic E-state index is 0.234. The van der Waals surface area contributed by atoms with Crippen molar-refractivity contribution in [3.8, 4) is 0 Å². The number of nitrogens with one attached hydrogen (secondary N) is 1. The smallest absolute Gasteiger partial charge is 0.475 e. The summed E-state index contributed by atoms with van der Waals surface area (Å²) in [6, 6.07) is 8.13. The first kappa shape index (κ1) is 31.8. The van der Waals surface area contributed by atoms with Crippen LogP contribution in [0.3, 0.4) is 0 Å². The van der Waals surface area contributed by atoms with E-state index in [1.54, 1.807) is 24.3 Å². The lowest BCUT2D eigenvalue weighted by Crippen LogP contribution is -2.42. The summed E-state index contributed by atoms with van der Waals surface area (Å²) in [5.74, 6) is -4.82. The van der Waals surface area contributed by atoms with Crippen LogP contribution in [0.4, 0.5) is 18.9 Å². The number of amides is 2. The van der Waals surface area contributed by atoms with E-state index < -0.39 is 29.9 Å². The summed E-state index contributed by atoms with van der Waals surface area (Å²) in [5.41, 5.74) is 6.97. The molecule has 0 atom stereocenters. The molecule has 17 heteroatoms. The maximum atomic E-state index is 12.9. The molecule has 0 saturated carbocycles. The van der Waals surface area contributed by atoms with E-state index in [1.165, 1.54) is 47.4 Å². The van der Waals surface area contributed by atoms with Crippen LogP contribution in [-0.2, 0) is 38.6 Å². The number of aliphatic carboxylic acids is 1. The van der Waals surface area contributed by atoms with Gasteiger partial charge in [-0.2, -0.15) is 13.2 Å². The average molecular weight is 632 g/mol. The fourth-order valence-electron chi connectivity index (χ4n) is 3.33. The van der Waals surface area contributed by atoms with Crippen molar-refractivity contribution in [3.63, 3.8) is 0 Å². The number of thiazole rings is 1. The molecule has 11 nitrogen and oxygen atoms in total. The molecule has 0 aliphatic carbocycles. The van der Waals surface area contributed by atoms with E-state index in [0.29, 0.717) is 40.1 Å². The van der Waals surface area contributed by atoms with E-state index in [1.807, 2.05) is 0 Å². The van der Waals surface area contributed by atoms with Gasteiger partial charge < -0.3 is 25.8 Å². The third kappa shape index (κ3) is 8.63. The molecule has 1 aliphatic heterocycles. The first-order valence-corrected chi connectivity index (χ1v) is 13.4. The maximum Gasteiger partial charge on any atom is 0.490 e. The van der Waals surface area contributed by atoms with E-state index in [9.17, 15) is 27.6 Å². The van der Waals surface area contributed by atoms with Gasteiger partial charge in [0.2, 0.25) is 0 Å². The predicted octanol–water partition coefficient (Wildman–Crippen LogP) is 3.74. The van der Waals surface area contributed by atoms with Gasteiger partial charge in [-0.15, -0.1) is 11.3 Å². The van der Waals surface area contributed by atoms with Gasteiger partial charge in [0.05, 0.1) is 35.6 Å². The minimum Gasteiger partial charge on any atom is -0.475 e. The quantitative estimate of drug-likeness (QED) is 0.279. The number of esters is 1. The highest BCUT2D eigenvalue weighted by Gasteiger charge is 2.38. The van der Waals surface area contributed by atoms with Crippen LogP contribution in [0.5, 0.6) is 0 Å². The monoisotopic (exact) mass is 631 g/mol. The number of benzene rings is 1. The minimum atomic E-state index is -5.08. The van der Waals surface area contributed by atoms with Gasteiger partial charge in [-0.3, -0.25) is 9.59 Å². The standard InChI is InChI=1S/C22H20ClN5O4S2.C2HF3O2/c1-32-22(31)12-2-4-16(33-18-5-3-13(23)10-25-18)14(8-12)27-20(29)21(30)28-7-6-17-15(11-28)26-19(9-24)34-17;3-2(4,5)1(6)7/h2-5,8,10H,6-7,9,11,24H2,1H3,(H,27,29);(H,6,7). The number of carbonyl (C=O) groups is 4. The lowest BCUT2D eigenvalue weighted by Gasteiger charge is -2.25. The number of anilines is 1. The second-order valence-electron chi connectivity index (χ2n) is 8.03. The normalized spacial score (nSPS) is 12.5. The number of halogens is 4. The van der Waals surface area contributed by atoms with Crippen LogP contribution in [0.25, 0.3) is 0 Å². The summed E-state index contributed by atoms with van der Waals surface area (Å²) in [5, 5.41) is 11.7. The molecule has 3 heterocycles. The molecule has 0 spiro atoms. The lowest BCUT2D eigenvalue weighted by molar-refractivity contribution is -0.192. The molecule has 3 aromatic rings. The predicted molar refractivity (Wildman–Crippen MR) is 143 cm³/mol. The second kappa shape index (κ2) is 13.8. The maximum absolute atomic E-state index is 12.9. The summed E-state index contributed by atoms with van der Waals surface area (Å²) in [7, 11) is 1.27. The number of pyridine rings is 1. The molecule has 0 bridgehead atoms. The van der Waals surface area contributed by atoms with Gasteiger partial charge in [0.25, 0.3) is 0 Å². The molecule has 218 valence electrons. The Bertz CT molecular complexity index is 1450. The Hall–Kier alpha value is -3.73. The molecule has 0 fully saturated rings. The number of nitrogens with two attached hydrogens (primary N) is 1. The van der Waals surface area contributed by atoms with E-state index >= 15 is 0 Å². The first-order chi connectivity index (χ1) is 19.3. The van der Waals surface area contributed by atoms with Gasteiger partial charge in [-0.25, -0.2) is 19.6 Å². The Kier molecular flexibility index (Phi) is 10.7. The number of hydrogen-bond acceptors (Lipinski definition) is 10. The van der Waals surface area contributed by atoms with Crippen LogP contribution in [0, 0.1) is 0 Å². The highest BCUT2D eigenvalue weighted by atomic mass is 35.5. The number of methoxy groups -OCH3 is 1. The second-order valence-corrected chi connectivity index (χ2v) is 10.7. The number of hydrogen-bond donors (Lipinski definition) is 3. The molecular formula is C24H21ClF3N5O6S2. The van der Waals surface area contributed by atoms with Crippen LogP contribution >= 0.6 is 34.7 Å². The molecule has 41 heavy (non-hydrogen) atoms. The molecule has 2 amide bonds. The van der Waals surface area contributed by atoms with Gasteiger partial charge in [0, 0.05) is 35.5 Å². The van der Waals surface area contributed by atoms with E-state index in [0.717, 1.165) is 15.6 Å². The Balaban J connectivity index is 0.000000587. The van der Waals surface area contributed by atoms with Crippen molar-refractivity contribution in [2.75, 3.05) is 19.0 Å². The molecule has 0 saturated heterocycles. The summed E-state index contributed by atoms with van der Waals surface area (Å²) in [4.78, 5) is 58.5. The van der Waals surface area contributed by atoms with Gasteiger partial charge in [-0.05, 0) is 30.3 Å². The van der Waals surface area contributed by atoms with Crippen molar-refractivity contribution < 1.29 is 42.2 Å². The Morgan fingerprint density at radius 1 is 1.24 bits per heavy atom. The topological polar surface area (TPSA) is 165 Å². The van der Waals surface area contributed by atoms with Crippen molar-refractivity contribution in [2.45, 2.75) is 35.6 Å².